The van der Waals surface area contributed by atoms with E-state index < -0.39 is 12.0 Å². The van der Waals surface area contributed by atoms with Gasteiger partial charge in [0.2, 0.25) is 0 Å². The Morgan fingerprint density at radius 2 is 1.89 bits per heavy atom. The van der Waals surface area contributed by atoms with E-state index in [1.165, 1.54) is 4.57 Å². The number of benzene rings is 2. The Kier molecular flexibility index (Phi) is 7.83. The van der Waals surface area contributed by atoms with Crippen molar-refractivity contribution in [3.63, 3.8) is 0 Å². The minimum atomic E-state index is -0.849. The molecule has 7 nitrogen and oxygen atoms in total. The van der Waals surface area contributed by atoms with Gasteiger partial charge in [-0.15, -0.1) is 0 Å². The average Bonchev–Trinajstić information content (AvgIpc) is 2.99. The Morgan fingerprint density at radius 1 is 1.18 bits per heavy atom. The molecule has 1 heterocycles. The van der Waals surface area contributed by atoms with Gasteiger partial charge < -0.3 is 14.5 Å². The van der Waals surface area contributed by atoms with Gasteiger partial charge in [-0.3, -0.25) is 9.36 Å². The van der Waals surface area contributed by atoms with Crippen LogP contribution in [-0.4, -0.2) is 35.2 Å². The fraction of sp³-hybridized carbons (Fsp3) is 0.250. The second-order valence-electron chi connectivity index (χ2n) is 5.58. The molecule has 0 bridgehead atoms. The normalized spacial score (nSPS) is 11.2. The van der Waals surface area contributed by atoms with Crippen molar-refractivity contribution in [3.05, 3.63) is 69.6 Å². The summed E-state index contributed by atoms with van der Waals surface area (Å²) in [6.45, 7) is 4.64. The molecule has 0 aliphatic carbocycles. The molecular formula is C20H21ClN2O5. The molecule has 1 unspecified atom stereocenters. The lowest BCUT2D eigenvalue weighted by molar-refractivity contribution is -0.145. The van der Waals surface area contributed by atoms with Crippen LogP contribution in [0.3, 0.4) is 0 Å². The molecule has 0 saturated heterocycles. The maximum atomic E-state index is 12.5. The molecular weight excluding hydrogens is 384 g/mol. The third kappa shape index (κ3) is 5.01. The molecule has 0 spiro atoms. The van der Waals surface area contributed by atoms with Crippen LogP contribution in [0, 0.1) is 0 Å². The van der Waals surface area contributed by atoms with E-state index >= 15 is 0 Å². The quantitative estimate of drug-likeness (QED) is 0.502. The summed E-state index contributed by atoms with van der Waals surface area (Å²) in [5, 5.41) is 0.512. The molecule has 1 aromatic heterocycles. The molecule has 3 aromatic rings. The lowest BCUT2D eigenvalue weighted by atomic mass is 10.1. The van der Waals surface area contributed by atoms with Crippen molar-refractivity contribution in [1.82, 2.24) is 9.55 Å². The van der Waals surface area contributed by atoms with Crippen LogP contribution in [0.2, 0.25) is 5.02 Å². The molecule has 8 heteroatoms. The van der Waals surface area contributed by atoms with Crippen LogP contribution >= 0.6 is 11.6 Å². The monoisotopic (exact) mass is 404 g/mol. The van der Waals surface area contributed by atoms with Crippen LogP contribution in [0.5, 0.6) is 0 Å². The number of esters is 1. The summed E-state index contributed by atoms with van der Waals surface area (Å²) in [5.41, 5.74) is 1.47. The molecule has 2 aromatic carbocycles. The molecule has 28 heavy (non-hydrogen) atoms. The zero-order valence-corrected chi connectivity index (χ0v) is 16.3. The second-order valence-corrected chi connectivity index (χ2v) is 6.01. The molecule has 3 rings (SSSR count). The van der Waals surface area contributed by atoms with Crippen molar-refractivity contribution in [2.75, 3.05) is 13.2 Å². The fourth-order valence-corrected chi connectivity index (χ4v) is 2.85. The second kappa shape index (κ2) is 10.3. The molecule has 1 N–H and O–H groups in total. The van der Waals surface area contributed by atoms with Gasteiger partial charge in [-0.1, -0.05) is 41.9 Å². The maximum absolute atomic E-state index is 12.5. The van der Waals surface area contributed by atoms with E-state index in [-0.39, 0.29) is 12.3 Å². The lowest BCUT2D eigenvalue weighted by Crippen LogP contribution is -2.30. The SMILES string of the molecule is CCOC(=O)C(c1ccccc1)n1c(=O)[nH]c2cc(Cl)ccc21.CCOC=O. The zero-order valence-electron chi connectivity index (χ0n) is 15.6. The van der Waals surface area contributed by atoms with Gasteiger partial charge in [-0.25, -0.2) is 9.59 Å². The summed E-state index contributed by atoms with van der Waals surface area (Å²) >= 11 is 5.97. The van der Waals surface area contributed by atoms with Gasteiger partial charge in [0.15, 0.2) is 6.04 Å². The van der Waals surface area contributed by atoms with E-state index in [9.17, 15) is 14.4 Å². The number of nitrogens with one attached hydrogen (secondary N) is 1. The lowest BCUT2D eigenvalue weighted by Gasteiger charge is -2.17. The highest BCUT2D eigenvalue weighted by molar-refractivity contribution is 6.31. The number of ether oxygens (including phenoxy) is 2. The number of carbonyl (C=O) groups is 2. The predicted molar refractivity (Wildman–Crippen MR) is 106 cm³/mol. The van der Waals surface area contributed by atoms with Crippen molar-refractivity contribution in [1.29, 1.82) is 0 Å². The van der Waals surface area contributed by atoms with E-state index in [1.807, 2.05) is 18.2 Å². The first-order chi connectivity index (χ1) is 13.5. The summed E-state index contributed by atoms with van der Waals surface area (Å²) in [5.74, 6) is -0.475. The van der Waals surface area contributed by atoms with Gasteiger partial charge in [0, 0.05) is 5.02 Å². The molecule has 0 amide bonds. The summed E-state index contributed by atoms with van der Waals surface area (Å²) in [4.78, 5) is 36.8. The van der Waals surface area contributed by atoms with Crippen molar-refractivity contribution >= 4 is 35.1 Å². The van der Waals surface area contributed by atoms with E-state index in [4.69, 9.17) is 16.3 Å². The van der Waals surface area contributed by atoms with Gasteiger partial charge in [0.1, 0.15) is 0 Å². The van der Waals surface area contributed by atoms with E-state index in [1.54, 1.807) is 44.2 Å². The van der Waals surface area contributed by atoms with Gasteiger partial charge in [0.25, 0.3) is 6.47 Å². The number of halogens is 1. The molecule has 148 valence electrons. The number of aromatic amines is 1. The van der Waals surface area contributed by atoms with Crippen molar-refractivity contribution in [2.24, 2.45) is 0 Å². The average molecular weight is 405 g/mol. The van der Waals surface area contributed by atoms with Crippen LogP contribution in [0.4, 0.5) is 0 Å². The van der Waals surface area contributed by atoms with Crippen LogP contribution in [0.25, 0.3) is 11.0 Å². The summed E-state index contributed by atoms with van der Waals surface area (Å²) in [6, 6.07) is 13.3. The summed E-state index contributed by atoms with van der Waals surface area (Å²) < 4.78 is 10.7. The van der Waals surface area contributed by atoms with Crippen LogP contribution < -0.4 is 5.69 Å². The maximum Gasteiger partial charge on any atom is 0.333 e. The van der Waals surface area contributed by atoms with Gasteiger partial charge in [-0.2, -0.15) is 0 Å². The van der Waals surface area contributed by atoms with E-state index in [2.05, 4.69) is 9.72 Å². The first-order valence-electron chi connectivity index (χ1n) is 8.70. The van der Waals surface area contributed by atoms with Crippen molar-refractivity contribution in [2.45, 2.75) is 19.9 Å². The number of nitrogens with zero attached hydrogens (tertiary/aromatic N) is 1. The molecule has 0 aliphatic heterocycles. The number of imidazole rings is 1. The molecule has 1 atom stereocenters. The van der Waals surface area contributed by atoms with Crippen molar-refractivity contribution < 1.29 is 19.1 Å². The third-order valence-corrected chi connectivity index (χ3v) is 4.03. The largest absolute Gasteiger partial charge is 0.468 e. The smallest absolute Gasteiger partial charge is 0.333 e. The fourth-order valence-electron chi connectivity index (χ4n) is 2.67. The first-order valence-corrected chi connectivity index (χ1v) is 9.07. The highest BCUT2D eigenvalue weighted by Crippen LogP contribution is 2.24. The third-order valence-electron chi connectivity index (χ3n) is 3.80. The van der Waals surface area contributed by atoms with E-state index in [0.29, 0.717) is 34.7 Å². The Bertz CT molecular complexity index is 981. The zero-order chi connectivity index (χ0) is 20.5. The molecule has 0 radical (unpaired) electrons. The Hall–Kier alpha value is -3.06. The Balaban J connectivity index is 0.000000500. The molecule has 0 aliphatic rings. The number of fused-ring (bicyclic) bond motifs is 1. The standard InChI is InChI=1S/C17H15ClN2O3.C3H6O2/c1-2-23-16(21)15(11-6-4-3-5-7-11)20-14-9-8-12(18)10-13(14)19-17(20)22;1-2-5-3-4/h3-10,15H,2H2,1H3,(H,19,22);3H,2H2,1H3. The van der Waals surface area contributed by atoms with Gasteiger partial charge >= 0.3 is 11.7 Å². The number of hydrogen-bond donors (Lipinski definition) is 1. The number of aromatic nitrogens is 2. The molecule has 0 fully saturated rings. The highest BCUT2D eigenvalue weighted by Gasteiger charge is 2.27. The first kappa shape index (κ1) is 21.2. The number of hydrogen-bond acceptors (Lipinski definition) is 5. The topological polar surface area (TPSA) is 90.4 Å². The minimum absolute atomic E-state index is 0.241. The van der Waals surface area contributed by atoms with Gasteiger partial charge in [-0.05, 0) is 37.6 Å². The Labute approximate surface area is 166 Å². The number of carbonyl (C=O) groups excluding carboxylic acids is 2. The van der Waals surface area contributed by atoms with Crippen LogP contribution in [-0.2, 0) is 19.1 Å². The van der Waals surface area contributed by atoms with Crippen molar-refractivity contribution in [3.8, 4) is 0 Å². The summed E-state index contributed by atoms with van der Waals surface area (Å²) in [6.07, 6.45) is 0. The molecule has 0 saturated carbocycles. The number of H-pyrrole nitrogens is 1. The van der Waals surface area contributed by atoms with E-state index in [0.717, 1.165) is 0 Å². The van der Waals surface area contributed by atoms with Gasteiger partial charge in [0.05, 0.1) is 24.2 Å². The highest BCUT2D eigenvalue weighted by atomic mass is 35.5. The number of rotatable bonds is 6. The Morgan fingerprint density at radius 3 is 2.46 bits per heavy atom. The minimum Gasteiger partial charge on any atom is -0.468 e. The van der Waals surface area contributed by atoms with Crippen LogP contribution in [0.1, 0.15) is 25.5 Å². The summed E-state index contributed by atoms with van der Waals surface area (Å²) in [7, 11) is 0. The predicted octanol–water partition coefficient (Wildman–Crippen LogP) is 3.31. The van der Waals surface area contributed by atoms with Crippen LogP contribution in [0.15, 0.2) is 53.3 Å².